The number of ketones is 2. The number of nitrogens with one attached hydrogen (secondary N) is 1. The van der Waals surface area contributed by atoms with Gasteiger partial charge in [-0.05, 0) is 55.2 Å². The molecule has 0 bridgehead atoms. The van der Waals surface area contributed by atoms with E-state index in [-0.39, 0.29) is 52.3 Å². The van der Waals surface area contributed by atoms with Crippen molar-refractivity contribution in [3.63, 3.8) is 0 Å². The molecule has 5 atom stereocenters. The maximum Gasteiger partial charge on any atom is 0.229 e. The third-order valence-corrected chi connectivity index (χ3v) is 7.72. The van der Waals surface area contributed by atoms with E-state index in [0.29, 0.717) is 17.9 Å². The summed E-state index contributed by atoms with van der Waals surface area (Å²) in [5.41, 5.74) is 4.68. The highest BCUT2D eigenvalue weighted by Gasteiger charge is 2.55. The summed E-state index contributed by atoms with van der Waals surface area (Å²) in [5, 5.41) is 56.9. The highest BCUT2D eigenvalue weighted by Crippen LogP contribution is 2.42. The summed E-state index contributed by atoms with van der Waals surface area (Å²) >= 11 is 0. The second-order valence-electron chi connectivity index (χ2n) is 10.4. The minimum atomic E-state index is -2.06. The van der Waals surface area contributed by atoms with E-state index >= 15 is 0 Å². The van der Waals surface area contributed by atoms with Crippen molar-refractivity contribution >= 4 is 11.6 Å². The predicted octanol–water partition coefficient (Wildman–Crippen LogP) is 0.143. The molecule has 0 unspecified atom stereocenters. The first-order valence-electron chi connectivity index (χ1n) is 13.0. The van der Waals surface area contributed by atoms with Crippen molar-refractivity contribution in [1.29, 1.82) is 0 Å². The van der Waals surface area contributed by atoms with Gasteiger partial charge in [0.25, 0.3) is 0 Å². The smallest absolute Gasteiger partial charge is 0.229 e. The Morgan fingerprint density at radius 2 is 1.85 bits per heavy atom. The van der Waals surface area contributed by atoms with Crippen molar-refractivity contribution in [1.82, 2.24) is 5.32 Å². The van der Waals surface area contributed by atoms with Crippen LogP contribution in [0.2, 0.25) is 0 Å². The number of aromatic hydroxyl groups is 1. The number of fused-ring (bicyclic) bond motifs is 2. The van der Waals surface area contributed by atoms with Crippen LogP contribution in [0.3, 0.4) is 0 Å². The molecule has 2 aliphatic heterocycles. The Kier molecular flexibility index (Phi) is 7.53. The Morgan fingerprint density at radius 1 is 1.12 bits per heavy atom. The molecule has 8 N–H and O–H groups in total. The number of nitrogens with two attached hydrogens (primary N) is 1. The lowest BCUT2D eigenvalue weighted by Gasteiger charge is -2.48. The van der Waals surface area contributed by atoms with Gasteiger partial charge < -0.3 is 50.8 Å². The van der Waals surface area contributed by atoms with Gasteiger partial charge in [-0.15, -0.1) is 0 Å². The summed E-state index contributed by atoms with van der Waals surface area (Å²) in [5.74, 6) is -1.24. The molecule has 1 fully saturated rings. The van der Waals surface area contributed by atoms with E-state index in [1.807, 2.05) is 6.08 Å². The fourth-order valence-corrected chi connectivity index (χ4v) is 5.53. The van der Waals surface area contributed by atoms with Crippen molar-refractivity contribution in [3.8, 4) is 17.2 Å². The molecule has 3 aliphatic rings. The Morgan fingerprint density at radius 3 is 2.54 bits per heavy atom. The van der Waals surface area contributed by atoms with Gasteiger partial charge in [-0.1, -0.05) is 6.08 Å². The number of carbonyl (C=O) groups excluding carboxylic acids is 2. The Balaban J connectivity index is 1.46. The molecule has 0 saturated carbocycles. The van der Waals surface area contributed by atoms with Gasteiger partial charge in [-0.25, -0.2) is 0 Å². The molecule has 12 nitrogen and oxygen atoms in total. The van der Waals surface area contributed by atoms with Gasteiger partial charge in [0, 0.05) is 23.7 Å². The third kappa shape index (κ3) is 4.94. The van der Waals surface area contributed by atoms with Gasteiger partial charge >= 0.3 is 0 Å². The zero-order valence-electron chi connectivity index (χ0n) is 22.5. The molecular weight excluding hydrogens is 536 g/mol. The molecule has 12 heteroatoms. The number of rotatable bonds is 7. The average molecular weight is 569 g/mol. The molecule has 0 spiro atoms. The van der Waals surface area contributed by atoms with Crippen molar-refractivity contribution in [2.45, 2.75) is 50.0 Å². The van der Waals surface area contributed by atoms with Crippen LogP contribution in [0.5, 0.6) is 17.2 Å². The molecule has 0 aromatic heterocycles. The first-order chi connectivity index (χ1) is 19.5. The van der Waals surface area contributed by atoms with E-state index in [2.05, 4.69) is 5.32 Å². The first kappa shape index (κ1) is 28.6. The second-order valence-corrected chi connectivity index (χ2v) is 10.4. The van der Waals surface area contributed by atoms with Crippen LogP contribution < -0.4 is 20.5 Å². The number of phenolic OH excluding ortho intramolecular Hbond substituents is 1. The van der Waals surface area contributed by atoms with Crippen molar-refractivity contribution < 1.29 is 49.3 Å². The summed E-state index contributed by atoms with van der Waals surface area (Å²) in [6.45, 7) is 1.44. The van der Waals surface area contributed by atoms with Crippen LogP contribution in [-0.2, 0) is 4.74 Å². The Labute approximate surface area is 235 Å². The number of hydrogen-bond donors (Lipinski definition) is 7. The first-order valence-corrected chi connectivity index (χ1v) is 13.0. The van der Waals surface area contributed by atoms with E-state index in [1.54, 1.807) is 13.0 Å². The van der Waals surface area contributed by atoms with Crippen LogP contribution in [0.4, 0.5) is 0 Å². The topological polar surface area (TPSA) is 201 Å². The molecule has 1 aliphatic carbocycles. The number of phenols is 1. The third-order valence-electron chi connectivity index (χ3n) is 7.72. The Bertz CT molecular complexity index is 1460. The highest BCUT2D eigenvalue weighted by atomic mass is 16.7. The normalized spacial score (nSPS) is 27.3. The molecule has 0 radical (unpaired) electrons. The number of dihydropyridines is 1. The second kappa shape index (κ2) is 10.8. The molecule has 218 valence electrons. The summed E-state index contributed by atoms with van der Waals surface area (Å²) in [6.07, 6.45) is -3.00. The number of hydrogen-bond acceptors (Lipinski definition) is 12. The lowest BCUT2D eigenvalue weighted by molar-refractivity contribution is -0.314. The van der Waals surface area contributed by atoms with Crippen LogP contribution in [-0.4, -0.2) is 87.6 Å². The van der Waals surface area contributed by atoms with E-state index in [9.17, 15) is 35.1 Å². The number of allylic oxidation sites excluding steroid dienone is 2. The molecule has 2 aromatic rings. The number of methoxy groups -OCH3 is 1. The monoisotopic (exact) mass is 568 g/mol. The number of aliphatic hydroxyl groups is 4. The fraction of sp³-hybridized carbons (Fsp3) is 0.379. The number of carbonyl (C=O) groups is 2. The minimum absolute atomic E-state index is 0.0226. The summed E-state index contributed by atoms with van der Waals surface area (Å²) < 4.78 is 16.9. The van der Waals surface area contributed by atoms with Crippen LogP contribution >= 0.6 is 0 Å². The van der Waals surface area contributed by atoms with Gasteiger partial charge in [0.15, 0.2) is 5.78 Å². The zero-order valence-corrected chi connectivity index (χ0v) is 22.5. The molecule has 0 amide bonds. The van der Waals surface area contributed by atoms with E-state index in [0.717, 1.165) is 5.57 Å². The predicted molar refractivity (Wildman–Crippen MR) is 144 cm³/mol. The summed E-state index contributed by atoms with van der Waals surface area (Å²) in [6, 6.07) is 5.53. The van der Waals surface area contributed by atoms with Crippen LogP contribution in [0.1, 0.15) is 50.2 Å². The molecular formula is C29H32N2O10. The van der Waals surface area contributed by atoms with Gasteiger partial charge in [0.1, 0.15) is 41.2 Å². The van der Waals surface area contributed by atoms with Gasteiger partial charge in [0.2, 0.25) is 12.1 Å². The van der Waals surface area contributed by atoms with Crippen molar-refractivity contribution in [2.75, 3.05) is 20.3 Å². The minimum Gasteiger partial charge on any atom is -0.507 e. The fourth-order valence-electron chi connectivity index (χ4n) is 5.53. The van der Waals surface area contributed by atoms with Crippen LogP contribution in [0, 0.1) is 6.92 Å². The van der Waals surface area contributed by atoms with Gasteiger partial charge in [-0.3, -0.25) is 9.59 Å². The number of aryl methyl sites for hydroxylation is 1. The van der Waals surface area contributed by atoms with Crippen molar-refractivity contribution in [3.05, 3.63) is 75.6 Å². The maximum atomic E-state index is 13.6. The van der Waals surface area contributed by atoms with E-state index < -0.39 is 48.4 Å². The SMILES string of the molecule is COc1cc(O[C@@H]2O[C@H](CO)[C@](O)(CCC3=CCNC(N)=C3)[C@H](O)[C@H]2O)c2c(c1)C(=O)c1cc(C)cc(O)c1C2=O. The van der Waals surface area contributed by atoms with Crippen LogP contribution in [0.25, 0.3) is 0 Å². The number of ether oxygens (including phenoxy) is 3. The average Bonchev–Trinajstić information content (AvgIpc) is 2.94. The lowest BCUT2D eigenvalue weighted by atomic mass is 9.79. The number of benzene rings is 2. The largest absolute Gasteiger partial charge is 0.507 e. The zero-order chi connectivity index (χ0) is 29.6. The van der Waals surface area contributed by atoms with Gasteiger partial charge in [-0.2, -0.15) is 0 Å². The molecule has 2 aromatic carbocycles. The van der Waals surface area contributed by atoms with Gasteiger partial charge in [0.05, 0.1) is 30.7 Å². The summed E-state index contributed by atoms with van der Waals surface area (Å²) in [7, 11) is 1.35. The highest BCUT2D eigenvalue weighted by molar-refractivity contribution is 6.30. The molecule has 5 rings (SSSR count). The Hall–Kier alpha value is -3.94. The summed E-state index contributed by atoms with van der Waals surface area (Å²) in [4.78, 5) is 27.0. The quantitative estimate of drug-likeness (QED) is 0.204. The van der Waals surface area contributed by atoms with Crippen LogP contribution in [0.15, 0.2) is 47.8 Å². The standard InChI is InChI=1S/C29H32N2O10/c1-13-7-16-22(18(33)8-13)25(35)23-17(24(16)34)10-15(39-2)11-19(23)40-28-26(36)27(37)29(38,20(12-32)41-28)5-3-14-4-6-31-21(30)9-14/h4,7-11,20,26-28,31-33,36-38H,3,5-6,12,30H2,1-2H3/t20-,26-,27-,28-,29-/m1/s1. The number of aliphatic hydroxyl groups excluding tert-OH is 3. The van der Waals surface area contributed by atoms with Crippen molar-refractivity contribution in [2.24, 2.45) is 5.73 Å². The molecule has 41 heavy (non-hydrogen) atoms. The maximum absolute atomic E-state index is 13.6. The molecule has 2 heterocycles. The van der Waals surface area contributed by atoms with E-state index in [4.69, 9.17) is 19.9 Å². The molecule has 1 saturated heterocycles. The lowest BCUT2D eigenvalue weighted by Crippen LogP contribution is -2.67. The van der Waals surface area contributed by atoms with E-state index in [1.165, 1.54) is 31.4 Å².